The van der Waals surface area contributed by atoms with Crippen molar-refractivity contribution in [3.8, 4) is 0 Å². The second kappa shape index (κ2) is 6.93. The topological polar surface area (TPSA) is 71.3 Å². The van der Waals surface area contributed by atoms with Gasteiger partial charge in [-0.3, -0.25) is 9.59 Å². The number of amides is 2. The highest BCUT2D eigenvalue weighted by Gasteiger charge is 2.18. The van der Waals surface area contributed by atoms with Crippen LogP contribution in [0.4, 0.5) is 5.69 Å². The summed E-state index contributed by atoms with van der Waals surface area (Å²) in [7, 11) is 0. The molecule has 5 nitrogen and oxygen atoms in total. The highest BCUT2D eigenvalue weighted by molar-refractivity contribution is 6.39. The van der Waals surface area contributed by atoms with Crippen LogP contribution < -0.4 is 10.6 Å². The minimum Gasteiger partial charge on any atom is -0.469 e. The van der Waals surface area contributed by atoms with Gasteiger partial charge in [-0.25, -0.2) is 0 Å². The van der Waals surface area contributed by atoms with Gasteiger partial charge in [0, 0.05) is 18.2 Å². The molecule has 0 spiro atoms. The van der Waals surface area contributed by atoms with E-state index >= 15 is 0 Å². The van der Waals surface area contributed by atoms with E-state index in [4.69, 9.17) is 4.42 Å². The molecule has 2 aromatic rings. The molecule has 0 aliphatic heterocycles. The Hall–Kier alpha value is -2.56. The highest BCUT2D eigenvalue weighted by atomic mass is 16.3. The van der Waals surface area contributed by atoms with Gasteiger partial charge in [-0.2, -0.15) is 0 Å². The van der Waals surface area contributed by atoms with Gasteiger partial charge in [-0.05, 0) is 50.1 Å². The van der Waals surface area contributed by atoms with Crippen LogP contribution in [0.5, 0.6) is 0 Å². The zero-order valence-corrected chi connectivity index (χ0v) is 13.0. The summed E-state index contributed by atoms with van der Waals surface area (Å²) in [5.74, 6) is -0.553. The number of hydrogen-bond acceptors (Lipinski definition) is 3. The Kier molecular flexibility index (Phi) is 4.99. The van der Waals surface area contributed by atoms with Crippen LogP contribution in [-0.4, -0.2) is 17.9 Å². The number of nitrogens with one attached hydrogen (secondary N) is 2. The van der Waals surface area contributed by atoms with Gasteiger partial charge >= 0.3 is 11.8 Å². The number of benzene rings is 1. The van der Waals surface area contributed by atoms with Crippen LogP contribution in [0, 0.1) is 13.8 Å². The van der Waals surface area contributed by atoms with E-state index in [0.29, 0.717) is 12.1 Å². The monoisotopic (exact) mass is 300 g/mol. The van der Waals surface area contributed by atoms with E-state index in [1.54, 1.807) is 18.4 Å². The summed E-state index contributed by atoms with van der Waals surface area (Å²) in [6.07, 6.45) is 2.12. The molecule has 22 heavy (non-hydrogen) atoms. The van der Waals surface area contributed by atoms with Crippen LogP contribution in [0.25, 0.3) is 0 Å². The molecule has 0 bridgehead atoms. The second-order valence-corrected chi connectivity index (χ2v) is 5.36. The maximum Gasteiger partial charge on any atom is 0.313 e. The van der Waals surface area contributed by atoms with Crippen molar-refractivity contribution >= 4 is 17.5 Å². The third-order valence-corrected chi connectivity index (χ3v) is 3.52. The first kappa shape index (κ1) is 15.8. The molecule has 2 rings (SSSR count). The van der Waals surface area contributed by atoms with Gasteiger partial charge in [-0.1, -0.05) is 12.1 Å². The number of furan rings is 1. The van der Waals surface area contributed by atoms with Gasteiger partial charge in [0.25, 0.3) is 0 Å². The number of rotatable bonds is 4. The summed E-state index contributed by atoms with van der Waals surface area (Å²) >= 11 is 0. The summed E-state index contributed by atoms with van der Waals surface area (Å²) in [6, 6.07) is 9.00. The molecular weight excluding hydrogens is 280 g/mol. The van der Waals surface area contributed by atoms with Crippen molar-refractivity contribution in [1.82, 2.24) is 5.32 Å². The quantitative estimate of drug-likeness (QED) is 0.853. The molecule has 2 amide bonds. The maximum absolute atomic E-state index is 12.0. The average Bonchev–Trinajstić information content (AvgIpc) is 2.96. The molecule has 0 saturated carbocycles. The summed E-state index contributed by atoms with van der Waals surface area (Å²) in [4.78, 5) is 23.9. The smallest absolute Gasteiger partial charge is 0.313 e. The number of anilines is 1. The number of hydrogen-bond donors (Lipinski definition) is 2. The van der Waals surface area contributed by atoms with Crippen molar-refractivity contribution in [2.24, 2.45) is 0 Å². The summed E-state index contributed by atoms with van der Waals surface area (Å²) < 4.78 is 5.22. The molecular formula is C17H20N2O3. The third kappa shape index (κ3) is 3.97. The van der Waals surface area contributed by atoms with Gasteiger partial charge in [-0.15, -0.1) is 0 Å². The molecule has 0 fully saturated rings. The summed E-state index contributed by atoms with van der Waals surface area (Å²) in [5, 5.41) is 5.30. The van der Waals surface area contributed by atoms with E-state index < -0.39 is 11.8 Å². The molecule has 116 valence electrons. The Morgan fingerprint density at radius 1 is 1.14 bits per heavy atom. The Morgan fingerprint density at radius 3 is 2.59 bits per heavy atom. The van der Waals surface area contributed by atoms with Gasteiger partial charge in [0.05, 0.1) is 6.26 Å². The predicted octanol–water partition coefficient (Wildman–Crippen LogP) is 2.58. The average molecular weight is 300 g/mol. The first-order valence-electron chi connectivity index (χ1n) is 7.18. The van der Waals surface area contributed by atoms with Crippen LogP contribution in [0.1, 0.15) is 23.8 Å². The molecule has 0 radical (unpaired) electrons. The van der Waals surface area contributed by atoms with Crippen molar-refractivity contribution in [3.63, 3.8) is 0 Å². The zero-order chi connectivity index (χ0) is 16.1. The molecule has 0 saturated heterocycles. The molecule has 1 heterocycles. The number of aryl methyl sites for hydroxylation is 1. The fourth-order valence-electron chi connectivity index (χ4n) is 2.14. The molecule has 0 aliphatic carbocycles. The SMILES string of the molecule is Cc1cccc(NC(=O)C(=O)NC(C)Cc2ccco2)c1C. The third-order valence-electron chi connectivity index (χ3n) is 3.52. The van der Waals surface area contributed by atoms with Crippen molar-refractivity contribution < 1.29 is 14.0 Å². The van der Waals surface area contributed by atoms with E-state index in [2.05, 4.69) is 10.6 Å². The fourth-order valence-corrected chi connectivity index (χ4v) is 2.14. The van der Waals surface area contributed by atoms with Crippen molar-refractivity contribution in [1.29, 1.82) is 0 Å². The zero-order valence-electron chi connectivity index (χ0n) is 13.0. The van der Waals surface area contributed by atoms with Crippen LogP contribution in [0.3, 0.4) is 0 Å². The van der Waals surface area contributed by atoms with Crippen LogP contribution >= 0.6 is 0 Å². The van der Waals surface area contributed by atoms with Crippen molar-refractivity contribution in [2.75, 3.05) is 5.32 Å². The van der Waals surface area contributed by atoms with Crippen LogP contribution in [0.15, 0.2) is 41.0 Å². The first-order chi connectivity index (χ1) is 10.5. The Balaban J connectivity index is 1.92. The van der Waals surface area contributed by atoms with Crippen molar-refractivity contribution in [3.05, 3.63) is 53.5 Å². The molecule has 1 aromatic heterocycles. The van der Waals surface area contributed by atoms with Crippen LogP contribution in [0.2, 0.25) is 0 Å². The molecule has 0 aliphatic rings. The molecule has 2 N–H and O–H groups in total. The first-order valence-corrected chi connectivity index (χ1v) is 7.18. The van der Waals surface area contributed by atoms with Gasteiger partial charge in [0.2, 0.25) is 0 Å². The van der Waals surface area contributed by atoms with Gasteiger partial charge in [0.1, 0.15) is 5.76 Å². The van der Waals surface area contributed by atoms with E-state index in [9.17, 15) is 9.59 Å². The van der Waals surface area contributed by atoms with E-state index in [1.165, 1.54) is 0 Å². The highest BCUT2D eigenvalue weighted by Crippen LogP contribution is 2.17. The molecule has 5 heteroatoms. The summed E-state index contributed by atoms with van der Waals surface area (Å²) in [5.41, 5.74) is 2.66. The second-order valence-electron chi connectivity index (χ2n) is 5.36. The maximum atomic E-state index is 12.0. The standard InChI is InChI=1S/C17H20N2O3/c1-11-6-4-8-15(13(11)3)19-17(21)16(20)18-12(2)10-14-7-5-9-22-14/h4-9,12H,10H2,1-3H3,(H,18,20)(H,19,21). The largest absolute Gasteiger partial charge is 0.469 e. The number of carbonyl (C=O) groups excluding carboxylic acids is 2. The normalized spacial score (nSPS) is 11.8. The van der Waals surface area contributed by atoms with Gasteiger partial charge in [0.15, 0.2) is 0 Å². The molecule has 1 atom stereocenters. The van der Waals surface area contributed by atoms with E-state index in [-0.39, 0.29) is 6.04 Å². The van der Waals surface area contributed by atoms with E-state index in [1.807, 2.05) is 39.0 Å². The Labute approximate surface area is 129 Å². The van der Waals surface area contributed by atoms with Crippen LogP contribution in [-0.2, 0) is 16.0 Å². The lowest BCUT2D eigenvalue weighted by atomic mass is 10.1. The van der Waals surface area contributed by atoms with Gasteiger partial charge < -0.3 is 15.1 Å². The summed E-state index contributed by atoms with van der Waals surface area (Å²) in [6.45, 7) is 5.69. The lowest BCUT2D eigenvalue weighted by molar-refractivity contribution is -0.136. The predicted molar refractivity (Wildman–Crippen MR) is 84.6 cm³/mol. The Bertz CT molecular complexity index is 663. The lowest BCUT2D eigenvalue weighted by Crippen LogP contribution is -2.41. The molecule has 1 unspecified atom stereocenters. The Morgan fingerprint density at radius 2 is 1.91 bits per heavy atom. The number of carbonyl (C=O) groups is 2. The lowest BCUT2D eigenvalue weighted by Gasteiger charge is -2.13. The fraction of sp³-hybridized carbons (Fsp3) is 0.294. The molecule has 1 aromatic carbocycles. The van der Waals surface area contributed by atoms with Crippen molar-refractivity contribution in [2.45, 2.75) is 33.2 Å². The minimum atomic E-state index is -0.667. The van der Waals surface area contributed by atoms with E-state index in [0.717, 1.165) is 16.9 Å². The minimum absolute atomic E-state index is 0.192.